The SMILES string of the molecule is O=C(Nc1cc2cccc([N+](=O)[O-])c2oc1=O)c1ccc(Cl)c([N+](=O)[O-])c1. The zero-order chi connectivity index (χ0) is 19.7. The number of rotatable bonds is 4. The molecule has 1 amide bonds. The van der Waals surface area contributed by atoms with Crippen LogP contribution in [0.3, 0.4) is 0 Å². The van der Waals surface area contributed by atoms with E-state index in [1.54, 1.807) is 0 Å². The number of anilines is 1. The molecular formula is C16H8ClN3O7. The summed E-state index contributed by atoms with van der Waals surface area (Å²) < 4.78 is 4.96. The summed E-state index contributed by atoms with van der Waals surface area (Å²) >= 11 is 5.69. The van der Waals surface area contributed by atoms with E-state index in [1.807, 2.05) is 0 Å². The minimum Gasteiger partial charge on any atom is -0.414 e. The van der Waals surface area contributed by atoms with Crippen LogP contribution >= 0.6 is 11.6 Å². The summed E-state index contributed by atoms with van der Waals surface area (Å²) in [5.74, 6) is -0.813. The first-order chi connectivity index (χ1) is 12.8. The van der Waals surface area contributed by atoms with Gasteiger partial charge in [0.2, 0.25) is 5.58 Å². The normalized spacial score (nSPS) is 10.6. The van der Waals surface area contributed by atoms with Crippen molar-refractivity contribution >= 4 is 45.5 Å². The van der Waals surface area contributed by atoms with E-state index in [0.29, 0.717) is 0 Å². The molecule has 0 saturated heterocycles. The van der Waals surface area contributed by atoms with Crippen LogP contribution in [0.5, 0.6) is 0 Å². The van der Waals surface area contributed by atoms with Crippen molar-refractivity contribution < 1.29 is 19.1 Å². The highest BCUT2D eigenvalue weighted by Gasteiger charge is 2.19. The number of nitrogens with zero attached hydrogens (tertiary/aromatic N) is 2. The molecule has 3 aromatic rings. The maximum atomic E-state index is 12.3. The van der Waals surface area contributed by atoms with Crippen LogP contribution < -0.4 is 10.9 Å². The van der Waals surface area contributed by atoms with Crippen LogP contribution in [0.1, 0.15) is 10.4 Å². The van der Waals surface area contributed by atoms with Gasteiger partial charge in [-0.2, -0.15) is 0 Å². The molecule has 3 rings (SSSR count). The average molecular weight is 390 g/mol. The van der Waals surface area contributed by atoms with Crippen LogP contribution in [0.2, 0.25) is 5.02 Å². The summed E-state index contributed by atoms with van der Waals surface area (Å²) in [6, 6.07) is 8.65. The number of amides is 1. The Morgan fingerprint density at radius 3 is 2.41 bits per heavy atom. The topological polar surface area (TPSA) is 146 Å². The van der Waals surface area contributed by atoms with Crippen LogP contribution in [-0.2, 0) is 0 Å². The molecule has 0 atom stereocenters. The molecule has 2 aromatic carbocycles. The molecule has 0 aliphatic carbocycles. The van der Waals surface area contributed by atoms with E-state index in [2.05, 4.69) is 5.32 Å². The summed E-state index contributed by atoms with van der Waals surface area (Å²) in [7, 11) is 0. The summed E-state index contributed by atoms with van der Waals surface area (Å²) in [6.07, 6.45) is 0. The average Bonchev–Trinajstić information content (AvgIpc) is 2.61. The molecule has 0 fully saturated rings. The van der Waals surface area contributed by atoms with Crippen LogP contribution in [-0.4, -0.2) is 15.8 Å². The van der Waals surface area contributed by atoms with Gasteiger partial charge in [-0.05, 0) is 18.2 Å². The quantitative estimate of drug-likeness (QED) is 0.408. The number of nitrogens with one attached hydrogen (secondary N) is 1. The first-order valence-electron chi connectivity index (χ1n) is 7.24. The molecule has 0 unspecified atom stereocenters. The molecule has 0 bridgehead atoms. The lowest BCUT2D eigenvalue weighted by atomic mass is 10.1. The molecule has 1 N–H and O–H groups in total. The largest absolute Gasteiger partial charge is 0.414 e. The third kappa shape index (κ3) is 3.46. The van der Waals surface area contributed by atoms with Crippen molar-refractivity contribution in [3.63, 3.8) is 0 Å². The van der Waals surface area contributed by atoms with E-state index in [1.165, 1.54) is 36.4 Å². The molecular weight excluding hydrogens is 382 g/mol. The van der Waals surface area contributed by atoms with Crippen LogP contribution in [0.25, 0.3) is 11.0 Å². The Morgan fingerprint density at radius 2 is 1.74 bits per heavy atom. The summed E-state index contributed by atoms with van der Waals surface area (Å²) in [6.45, 7) is 0. The van der Waals surface area contributed by atoms with E-state index in [9.17, 15) is 29.8 Å². The third-order valence-corrected chi connectivity index (χ3v) is 3.91. The van der Waals surface area contributed by atoms with E-state index in [0.717, 1.165) is 6.07 Å². The lowest BCUT2D eigenvalue weighted by Crippen LogP contribution is -2.18. The molecule has 0 spiro atoms. The maximum Gasteiger partial charge on any atom is 0.360 e. The Balaban J connectivity index is 2.00. The van der Waals surface area contributed by atoms with Crippen LogP contribution in [0.15, 0.2) is 51.7 Å². The molecule has 0 saturated carbocycles. The highest BCUT2D eigenvalue weighted by molar-refractivity contribution is 6.32. The summed E-state index contributed by atoms with van der Waals surface area (Å²) in [5.41, 5.74) is -2.47. The third-order valence-electron chi connectivity index (χ3n) is 3.59. The smallest absolute Gasteiger partial charge is 0.360 e. The van der Waals surface area contributed by atoms with E-state index >= 15 is 0 Å². The van der Waals surface area contributed by atoms with E-state index in [4.69, 9.17) is 16.0 Å². The first kappa shape index (κ1) is 18.0. The number of nitro groups is 2. The molecule has 0 radical (unpaired) electrons. The minimum absolute atomic E-state index is 0.107. The first-order valence-corrected chi connectivity index (χ1v) is 7.62. The van der Waals surface area contributed by atoms with E-state index < -0.39 is 32.8 Å². The molecule has 1 heterocycles. The minimum atomic E-state index is -1.01. The van der Waals surface area contributed by atoms with Gasteiger partial charge in [0.05, 0.1) is 9.85 Å². The fourth-order valence-electron chi connectivity index (χ4n) is 2.35. The maximum absolute atomic E-state index is 12.3. The molecule has 11 heteroatoms. The number of nitro benzene ring substituents is 2. The molecule has 10 nitrogen and oxygen atoms in total. The monoisotopic (exact) mass is 389 g/mol. The lowest BCUT2D eigenvalue weighted by Gasteiger charge is -2.06. The van der Waals surface area contributed by atoms with Gasteiger partial charge in [0, 0.05) is 23.1 Å². The number of para-hydroxylation sites is 1. The molecule has 27 heavy (non-hydrogen) atoms. The number of carbonyl (C=O) groups is 1. The molecule has 1 aromatic heterocycles. The van der Waals surface area contributed by atoms with Crippen molar-refractivity contribution in [2.45, 2.75) is 0 Å². The van der Waals surface area contributed by atoms with Crippen LogP contribution in [0.4, 0.5) is 17.1 Å². The zero-order valence-corrected chi connectivity index (χ0v) is 13.9. The predicted molar refractivity (Wildman–Crippen MR) is 95.2 cm³/mol. The van der Waals surface area contributed by atoms with Gasteiger partial charge in [-0.3, -0.25) is 25.0 Å². The number of benzene rings is 2. The van der Waals surface area contributed by atoms with Crippen molar-refractivity contribution in [3.8, 4) is 0 Å². The van der Waals surface area contributed by atoms with Gasteiger partial charge < -0.3 is 9.73 Å². The highest BCUT2D eigenvalue weighted by atomic mass is 35.5. The van der Waals surface area contributed by atoms with Gasteiger partial charge >= 0.3 is 11.3 Å². The number of fused-ring (bicyclic) bond motifs is 1. The van der Waals surface area contributed by atoms with Gasteiger partial charge in [0.25, 0.3) is 11.6 Å². The lowest BCUT2D eigenvalue weighted by molar-refractivity contribution is -0.384. The van der Waals surface area contributed by atoms with E-state index in [-0.39, 0.29) is 27.2 Å². The van der Waals surface area contributed by atoms with Gasteiger partial charge in [-0.15, -0.1) is 0 Å². The Kier molecular flexibility index (Phi) is 4.57. The number of hydrogen-bond donors (Lipinski definition) is 1. The fourth-order valence-corrected chi connectivity index (χ4v) is 2.53. The Hall–Kier alpha value is -3.79. The Bertz CT molecular complexity index is 1170. The fraction of sp³-hybridized carbons (Fsp3) is 0. The molecule has 0 aliphatic rings. The Labute approximate surface area is 154 Å². The van der Waals surface area contributed by atoms with Crippen LogP contribution in [0, 0.1) is 20.2 Å². The van der Waals surface area contributed by atoms with Crippen molar-refractivity contribution in [2.24, 2.45) is 0 Å². The van der Waals surface area contributed by atoms with Crippen molar-refractivity contribution in [1.29, 1.82) is 0 Å². The van der Waals surface area contributed by atoms with Gasteiger partial charge in [0.15, 0.2) is 0 Å². The van der Waals surface area contributed by atoms with Gasteiger partial charge in [-0.25, -0.2) is 4.79 Å². The molecule has 0 aliphatic heterocycles. The predicted octanol–water partition coefficient (Wildman–Crippen LogP) is 3.52. The second-order valence-electron chi connectivity index (χ2n) is 5.28. The van der Waals surface area contributed by atoms with Crippen molar-refractivity contribution in [3.05, 3.63) is 83.7 Å². The number of carbonyl (C=O) groups excluding carboxylic acids is 1. The summed E-state index contributed by atoms with van der Waals surface area (Å²) in [4.78, 5) is 44.8. The number of hydrogen-bond acceptors (Lipinski definition) is 7. The second kappa shape index (κ2) is 6.84. The Morgan fingerprint density at radius 1 is 1.04 bits per heavy atom. The highest BCUT2D eigenvalue weighted by Crippen LogP contribution is 2.27. The summed E-state index contributed by atoms with van der Waals surface area (Å²) in [5, 5.41) is 24.3. The number of halogens is 1. The van der Waals surface area contributed by atoms with Gasteiger partial charge in [0.1, 0.15) is 10.7 Å². The molecule has 136 valence electrons. The second-order valence-corrected chi connectivity index (χ2v) is 5.68. The standard InChI is InChI=1S/C16H8ClN3O7/c17-10-5-4-9(7-13(10)20(25)26)15(21)18-11-6-8-2-1-3-12(19(23)24)14(8)27-16(11)22/h1-7H,(H,18,21). The van der Waals surface area contributed by atoms with Crippen molar-refractivity contribution in [2.75, 3.05) is 5.32 Å². The van der Waals surface area contributed by atoms with Gasteiger partial charge in [-0.1, -0.05) is 23.7 Å². The van der Waals surface area contributed by atoms with Crippen molar-refractivity contribution in [1.82, 2.24) is 0 Å². The number of non-ortho nitro benzene ring substituents is 1. The zero-order valence-electron chi connectivity index (χ0n) is 13.2.